The van der Waals surface area contributed by atoms with Crippen molar-refractivity contribution in [2.24, 2.45) is 0 Å². The van der Waals surface area contributed by atoms with Gasteiger partial charge in [-0.25, -0.2) is 9.59 Å². The Morgan fingerprint density at radius 1 is 0.707 bits per heavy atom. The van der Waals surface area contributed by atoms with E-state index >= 15 is 0 Å². The Balaban J connectivity index is 1.45. The summed E-state index contributed by atoms with van der Waals surface area (Å²) < 4.78 is 5.15. The van der Waals surface area contributed by atoms with E-state index in [0.29, 0.717) is 16.8 Å². The topological polar surface area (TPSA) is 133 Å². The molecule has 0 aliphatic carbocycles. The lowest BCUT2D eigenvalue weighted by Crippen LogP contribution is -2.26. The van der Waals surface area contributed by atoms with Crippen LogP contribution in [0.2, 0.25) is 0 Å². The standard InChI is InChI=1S/C32H26N2O7/c1-34(30(36)23-8-10-24(11-9-23)31(37)38)25-14-12-22(13-15-25)29(35)33-28-18-7-21(19-27(28)32(39)40)4-3-20-5-16-26(41-2)17-6-20/h3-19H,1-2H3,(H,33,35)(H,37,38)(H,39,40)/b4-3+. The van der Waals surface area contributed by atoms with Crippen LogP contribution in [0.3, 0.4) is 0 Å². The second-order valence-electron chi connectivity index (χ2n) is 8.96. The number of nitrogens with one attached hydrogen (secondary N) is 1. The fourth-order valence-corrected chi connectivity index (χ4v) is 3.96. The Hall–Kier alpha value is -5.70. The van der Waals surface area contributed by atoms with Crippen LogP contribution < -0.4 is 15.0 Å². The van der Waals surface area contributed by atoms with Crippen LogP contribution in [-0.4, -0.2) is 48.1 Å². The summed E-state index contributed by atoms with van der Waals surface area (Å²) in [5.74, 6) is -2.41. The molecule has 0 aromatic heterocycles. The van der Waals surface area contributed by atoms with Crippen molar-refractivity contribution in [1.82, 2.24) is 0 Å². The number of benzene rings is 4. The summed E-state index contributed by atoms with van der Waals surface area (Å²) in [7, 11) is 3.15. The van der Waals surface area contributed by atoms with Crippen molar-refractivity contribution >= 4 is 47.3 Å². The average molecular weight is 551 g/mol. The highest BCUT2D eigenvalue weighted by molar-refractivity contribution is 6.09. The molecule has 0 spiro atoms. The molecule has 0 aliphatic rings. The van der Waals surface area contributed by atoms with Gasteiger partial charge in [-0.3, -0.25) is 9.59 Å². The normalized spacial score (nSPS) is 10.7. The van der Waals surface area contributed by atoms with Crippen molar-refractivity contribution in [2.45, 2.75) is 0 Å². The number of nitrogens with zero attached hydrogens (tertiary/aromatic N) is 1. The minimum Gasteiger partial charge on any atom is -0.497 e. The van der Waals surface area contributed by atoms with Gasteiger partial charge in [-0.1, -0.05) is 30.4 Å². The Kier molecular flexibility index (Phi) is 8.59. The van der Waals surface area contributed by atoms with Crippen LogP contribution >= 0.6 is 0 Å². The highest BCUT2D eigenvalue weighted by Crippen LogP contribution is 2.22. The van der Waals surface area contributed by atoms with Crippen LogP contribution in [0.1, 0.15) is 52.6 Å². The zero-order chi connectivity index (χ0) is 29.5. The van der Waals surface area contributed by atoms with Crippen molar-refractivity contribution in [3.8, 4) is 5.75 Å². The monoisotopic (exact) mass is 550 g/mol. The minimum atomic E-state index is -1.19. The van der Waals surface area contributed by atoms with Crippen LogP contribution in [0, 0.1) is 0 Å². The quantitative estimate of drug-likeness (QED) is 0.225. The molecule has 0 atom stereocenters. The fraction of sp³-hybridized carbons (Fsp3) is 0.0625. The van der Waals surface area contributed by atoms with Gasteiger partial charge < -0.3 is 25.2 Å². The predicted molar refractivity (Wildman–Crippen MR) is 156 cm³/mol. The van der Waals surface area contributed by atoms with Gasteiger partial charge in [0.15, 0.2) is 0 Å². The second-order valence-corrected chi connectivity index (χ2v) is 8.96. The molecule has 0 fully saturated rings. The summed E-state index contributed by atoms with van der Waals surface area (Å²) in [6.07, 6.45) is 3.62. The van der Waals surface area contributed by atoms with Gasteiger partial charge in [-0.15, -0.1) is 0 Å². The Morgan fingerprint density at radius 3 is 1.85 bits per heavy atom. The first-order valence-corrected chi connectivity index (χ1v) is 12.4. The van der Waals surface area contributed by atoms with Gasteiger partial charge in [0, 0.05) is 23.9 Å². The molecular weight excluding hydrogens is 524 g/mol. The maximum atomic E-state index is 12.9. The summed E-state index contributed by atoms with van der Waals surface area (Å²) in [6.45, 7) is 0. The SMILES string of the molecule is COc1ccc(/C=C/c2ccc(NC(=O)c3ccc(N(C)C(=O)c4ccc(C(=O)O)cc4)cc3)c(C(=O)O)c2)cc1. The van der Waals surface area contributed by atoms with E-state index in [1.165, 1.54) is 53.4 Å². The maximum absolute atomic E-state index is 12.9. The highest BCUT2D eigenvalue weighted by atomic mass is 16.5. The Bertz CT molecular complexity index is 1620. The van der Waals surface area contributed by atoms with Gasteiger partial charge >= 0.3 is 11.9 Å². The van der Waals surface area contributed by atoms with E-state index in [1.54, 1.807) is 38.4 Å². The smallest absolute Gasteiger partial charge is 0.337 e. The molecule has 0 saturated carbocycles. The lowest BCUT2D eigenvalue weighted by atomic mass is 10.1. The molecule has 9 heteroatoms. The largest absolute Gasteiger partial charge is 0.497 e. The average Bonchev–Trinajstić information content (AvgIpc) is 3.00. The Morgan fingerprint density at radius 2 is 1.27 bits per heavy atom. The fourth-order valence-electron chi connectivity index (χ4n) is 3.96. The van der Waals surface area contributed by atoms with Crippen molar-refractivity contribution < 1.29 is 34.1 Å². The highest BCUT2D eigenvalue weighted by Gasteiger charge is 2.17. The molecule has 3 N–H and O–H groups in total. The number of ether oxygens (including phenoxy) is 1. The summed E-state index contributed by atoms with van der Waals surface area (Å²) in [5.41, 5.74) is 2.79. The van der Waals surface area contributed by atoms with Crippen LogP contribution in [0.15, 0.2) is 91.0 Å². The van der Waals surface area contributed by atoms with E-state index in [4.69, 9.17) is 9.84 Å². The number of carboxylic acid groups (broad SMARTS) is 2. The number of amides is 2. The van der Waals surface area contributed by atoms with E-state index in [9.17, 15) is 24.3 Å². The van der Waals surface area contributed by atoms with Crippen LogP contribution in [-0.2, 0) is 0 Å². The number of aromatic carboxylic acids is 2. The number of rotatable bonds is 9. The predicted octanol–water partition coefficient (Wildman–Crippen LogP) is 5.79. The lowest BCUT2D eigenvalue weighted by molar-refractivity contribution is 0.0686. The summed E-state index contributed by atoms with van der Waals surface area (Å²) in [6, 6.07) is 23.9. The number of methoxy groups -OCH3 is 1. The van der Waals surface area contributed by atoms with Gasteiger partial charge in [0.1, 0.15) is 5.75 Å². The van der Waals surface area contributed by atoms with Gasteiger partial charge in [-0.2, -0.15) is 0 Å². The molecule has 4 aromatic carbocycles. The molecule has 0 saturated heterocycles. The van der Waals surface area contributed by atoms with Crippen molar-refractivity contribution in [3.05, 3.63) is 124 Å². The van der Waals surface area contributed by atoms with Crippen molar-refractivity contribution in [3.63, 3.8) is 0 Å². The molecule has 2 amide bonds. The van der Waals surface area contributed by atoms with E-state index in [1.807, 2.05) is 30.3 Å². The lowest BCUT2D eigenvalue weighted by Gasteiger charge is -2.18. The molecule has 41 heavy (non-hydrogen) atoms. The third kappa shape index (κ3) is 6.85. The first kappa shape index (κ1) is 28.3. The first-order valence-electron chi connectivity index (χ1n) is 12.4. The third-order valence-electron chi connectivity index (χ3n) is 6.31. The number of carbonyl (C=O) groups is 4. The van der Waals surface area contributed by atoms with E-state index in [2.05, 4.69) is 5.32 Å². The van der Waals surface area contributed by atoms with Gasteiger partial charge in [0.25, 0.3) is 11.8 Å². The van der Waals surface area contributed by atoms with Gasteiger partial charge in [-0.05, 0) is 83.9 Å². The number of hydrogen-bond donors (Lipinski definition) is 3. The zero-order valence-electron chi connectivity index (χ0n) is 22.2. The van der Waals surface area contributed by atoms with E-state index < -0.39 is 17.8 Å². The molecule has 0 aliphatic heterocycles. The van der Waals surface area contributed by atoms with Crippen molar-refractivity contribution in [1.29, 1.82) is 0 Å². The zero-order valence-corrected chi connectivity index (χ0v) is 22.2. The van der Waals surface area contributed by atoms with Crippen LogP contribution in [0.25, 0.3) is 12.2 Å². The molecule has 206 valence electrons. The number of anilines is 2. The molecule has 9 nitrogen and oxygen atoms in total. The maximum Gasteiger partial charge on any atom is 0.337 e. The Labute approximate surface area is 235 Å². The van der Waals surface area contributed by atoms with Crippen LogP contribution in [0.5, 0.6) is 5.75 Å². The summed E-state index contributed by atoms with van der Waals surface area (Å²) >= 11 is 0. The summed E-state index contributed by atoms with van der Waals surface area (Å²) in [5, 5.41) is 21.4. The molecule has 0 bridgehead atoms. The molecule has 0 heterocycles. The summed E-state index contributed by atoms with van der Waals surface area (Å²) in [4.78, 5) is 50.0. The van der Waals surface area contributed by atoms with Gasteiger partial charge in [0.2, 0.25) is 0 Å². The molecule has 0 radical (unpaired) electrons. The number of carboxylic acids is 2. The number of carbonyl (C=O) groups excluding carboxylic acids is 2. The third-order valence-corrected chi connectivity index (χ3v) is 6.31. The minimum absolute atomic E-state index is 0.0638. The van der Waals surface area contributed by atoms with Crippen LogP contribution in [0.4, 0.5) is 11.4 Å². The van der Waals surface area contributed by atoms with E-state index in [-0.39, 0.29) is 28.3 Å². The molecule has 0 unspecified atom stereocenters. The molecule has 4 rings (SSSR count). The van der Waals surface area contributed by atoms with Gasteiger partial charge in [0.05, 0.1) is 23.9 Å². The number of hydrogen-bond acceptors (Lipinski definition) is 5. The van der Waals surface area contributed by atoms with E-state index in [0.717, 1.165) is 11.3 Å². The molecular formula is C32H26N2O7. The van der Waals surface area contributed by atoms with Crippen molar-refractivity contribution in [2.75, 3.05) is 24.4 Å². The first-order chi connectivity index (χ1) is 19.7. The second kappa shape index (κ2) is 12.4. The molecule has 4 aromatic rings.